The molecule has 0 heterocycles. The fourth-order valence-electron chi connectivity index (χ4n) is 2.36. The number of nitrogens with zero attached hydrogens (tertiary/aromatic N) is 1. The first-order valence-electron chi connectivity index (χ1n) is 6.86. The van der Waals surface area contributed by atoms with Gasteiger partial charge in [-0.15, -0.1) is 11.5 Å². The highest BCUT2D eigenvalue weighted by Crippen LogP contribution is 2.29. The molecule has 0 N–H and O–H groups in total. The van der Waals surface area contributed by atoms with E-state index in [9.17, 15) is 4.79 Å². The highest BCUT2D eigenvalue weighted by molar-refractivity contribution is 6.83. The number of ketones is 1. The van der Waals surface area contributed by atoms with Gasteiger partial charge in [0.25, 0.3) is 0 Å². The Balaban J connectivity index is 2.55. The predicted molar refractivity (Wildman–Crippen MR) is 76.4 cm³/mol. The summed E-state index contributed by atoms with van der Waals surface area (Å²) in [4.78, 5) is 11.8. The second-order valence-corrected chi connectivity index (χ2v) is 10.9. The van der Waals surface area contributed by atoms with Crippen molar-refractivity contribution in [2.75, 3.05) is 0 Å². The maximum absolute atomic E-state index is 11.8. The van der Waals surface area contributed by atoms with Gasteiger partial charge in [-0.2, -0.15) is 5.26 Å². The monoisotopic (exact) mass is 261 g/mol. The molecule has 0 spiro atoms. The van der Waals surface area contributed by atoms with Gasteiger partial charge in [0.05, 0.1) is 6.07 Å². The molecular weight excluding hydrogens is 238 g/mol. The van der Waals surface area contributed by atoms with Crippen molar-refractivity contribution in [3.63, 3.8) is 0 Å². The van der Waals surface area contributed by atoms with E-state index in [0.717, 1.165) is 32.1 Å². The molecule has 1 fully saturated rings. The number of hydrogen-bond donors (Lipinski definition) is 0. The average molecular weight is 261 g/mol. The molecule has 0 aliphatic heterocycles. The van der Waals surface area contributed by atoms with Crippen LogP contribution in [0.4, 0.5) is 0 Å². The van der Waals surface area contributed by atoms with Gasteiger partial charge >= 0.3 is 0 Å². The van der Waals surface area contributed by atoms with Crippen molar-refractivity contribution < 1.29 is 4.79 Å². The van der Waals surface area contributed by atoms with Crippen LogP contribution in [0.1, 0.15) is 38.5 Å². The van der Waals surface area contributed by atoms with E-state index >= 15 is 0 Å². The van der Waals surface area contributed by atoms with Crippen LogP contribution >= 0.6 is 0 Å². The number of Topliss-reactive ketones (excluding diaryl/α,β-unsaturated/α-hetero) is 1. The van der Waals surface area contributed by atoms with E-state index in [1.54, 1.807) is 0 Å². The largest absolute Gasteiger partial charge is 0.298 e. The molecule has 0 saturated heterocycles. The van der Waals surface area contributed by atoms with Crippen LogP contribution in [0.3, 0.4) is 0 Å². The van der Waals surface area contributed by atoms with E-state index in [2.05, 4.69) is 37.2 Å². The molecule has 0 aromatic rings. The lowest BCUT2D eigenvalue weighted by molar-refractivity contribution is -0.122. The first kappa shape index (κ1) is 15.0. The first-order chi connectivity index (χ1) is 8.44. The molecule has 0 bridgehead atoms. The van der Waals surface area contributed by atoms with Gasteiger partial charge in [-0.05, 0) is 25.2 Å². The molecule has 18 heavy (non-hydrogen) atoms. The number of nitriles is 1. The Hall–Kier alpha value is -1.06. The molecule has 2 unspecified atom stereocenters. The minimum Gasteiger partial charge on any atom is -0.298 e. The van der Waals surface area contributed by atoms with E-state index in [1.807, 2.05) is 0 Å². The van der Waals surface area contributed by atoms with Gasteiger partial charge < -0.3 is 0 Å². The van der Waals surface area contributed by atoms with Crippen LogP contribution in [0, 0.1) is 34.6 Å². The summed E-state index contributed by atoms with van der Waals surface area (Å²) in [6.07, 6.45) is 5.37. The Kier molecular flexibility index (Phi) is 5.63. The molecule has 0 radical (unpaired) electrons. The quantitative estimate of drug-likeness (QED) is 0.433. The number of hydrogen-bond acceptors (Lipinski definition) is 2. The minimum atomic E-state index is -1.29. The SMILES string of the molecule is C[Si](C)(C)C#CCCC1CCCCC(=O)C1C#N. The topological polar surface area (TPSA) is 40.9 Å². The highest BCUT2D eigenvalue weighted by atomic mass is 28.3. The van der Waals surface area contributed by atoms with Crippen LogP contribution < -0.4 is 0 Å². The van der Waals surface area contributed by atoms with Gasteiger partial charge in [-0.1, -0.05) is 26.1 Å². The molecule has 1 saturated carbocycles. The molecule has 1 aliphatic rings. The van der Waals surface area contributed by atoms with Crippen LogP contribution in [-0.4, -0.2) is 13.9 Å². The van der Waals surface area contributed by atoms with Crippen molar-refractivity contribution in [2.24, 2.45) is 11.8 Å². The molecule has 0 amide bonds. The number of carbonyl (C=O) groups excluding carboxylic acids is 1. The summed E-state index contributed by atoms with van der Waals surface area (Å²) in [5.41, 5.74) is 3.34. The Morgan fingerprint density at radius 1 is 1.33 bits per heavy atom. The van der Waals surface area contributed by atoms with Gasteiger partial charge in [0, 0.05) is 12.8 Å². The summed E-state index contributed by atoms with van der Waals surface area (Å²) < 4.78 is 0. The van der Waals surface area contributed by atoms with Crippen LogP contribution in [0.25, 0.3) is 0 Å². The summed E-state index contributed by atoms with van der Waals surface area (Å²) >= 11 is 0. The number of carbonyl (C=O) groups is 1. The van der Waals surface area contributed by atoms with Crippen LogP contribution in [0.2, 0.25) is 19.6 Å². The lowest BCUT2D eigenvalue weighted by Crippen LogP contribution is -2.20. The lowest BCUT2D eigenvalue weighted by Gasteiger charge is -2.16. The van der Waals surface area contributed by atoms with Gasteiger partial charge in [-0.25, -0.2) is 0 Å². The Labute approximate surface area is 112 Å². The summed E-state index contributed by atoms with van der Waals surface area (Å²) in [6.45, 7) is 6.69. The van der Waals surface area contributed by atoms with Gasteiger partial charge in [-0.3, -0.25) is 4.79 Å². The summed E-state index contributed by atoms with van der Waals surface area (Å²) in [5.74, 6) is 3.26. The third-order valence-electron chi connectivity index (χ3n) is 3.31. The van der Waals surface area contributed by atoms with Crippen LogP contribution in [0.5, 0.6) is 0 Å². The fourth-order valence-corrected chi connectivity index (χ4v) is 3.02. The average Bonchev–Trinajstić information content (AvgIpc) is 2.45. The lowest BCUT2D eigenvalue weighted by atomic mass is 9.85. The van der Waals surface area contributed by atoms with E-state index in [0.29, 0.717) is 6.42 Å². The molecule has 2 nitrogen and oxygen atoms in total. The molecular formula is C15H23NOSi. The molecule has 0 aromatic carbocycles. The van der Waals surface area contributed by atoms with Crippen LogP contribution in [0.15, 0.2) is 0 Å². The third kappa shape index (κ3) is 5.06. The molecule has 1 rings (SSSR count). The fraction of sp³-hybridized carbons (Fsp3) is 0.733. The standard InChI is InChI=1S/C15H23NOSi/c1-18(2,3)11-7-6-9-13-8-4-5-10-15(17)14(13)12-16/h13-14H,4-6,8-10H2,1-3H3. The molecule has 0 aromatic heterocycles. The summed E-state index contributed by atoms with van der Waals surface area (Å²) in [6, 6.07) is 2.21. The van der Waals surface area contributed by atoms with Crippen LogP contribution in [-0.2, 0) is 4.79 Å². The Morgan fingerprint density at radius 3 is 2.67 bits per heavy atom. The predicted octanol–water partition coefficient (Wildman–Crippen LogP) is 3.55. The van der Waals surface area contributed by atoms with Gasteiger partial charge in [0.2, 0.25) is 0 Å². The normalized spacial score (nSPS) is 24.7. The molecule has 98 valence electrons. The third-order valence-corrected chi connectivity index (χ3v) is 4.24. The van der Waals surface area contributed by atoms with Crippen molar-refractivity contribution in [1.29, 1.82) is 5.26 Å². The van der Waals surface area contributed by atoms with E-state index in [4.69, 9.17) is 5.26 Å². The zero-order valence-corrected chi connectivity index (χ0v) is 12.8. The van der Waals surface area contributed by atoms with E-state index in [-0.39, 0.29) is 17.6 Å². The first-order valence-corrected chi connectivity index (χ1v) is 10.4. The minimum absolute atomic E-state index is 0.151. The van der Waals surface area contributed by atoms with Crippen molar-refractivity contribution in [2.45, 2.75) is 58.2 Å². The maximum Gasteiger partial charge on any atom is 0.150 e. The Morgan fingerprint density at radius 2 is 2.06 bits per heavy atom. The Bertz CT molecular complexity index is 391. The van der Waals surface area contributed by atoms with Crippen molar-refractivity contribution >= 4 is 13.9 Å². The molecule has 2 atom stereocenters. The van der Waals surface area contributed by atoms with Gasteiger partial charge in [0.15, 0.2) is 0 Å². The zero-order valence-electron chi connectivity index (χ0n) is 11.8. The summed E-state index contributed by atoms with van der Waals surface area (Å²) in [5, 5.41) is 9.14. The molecule has 1 aliphatic carbocycles. The maximum atomic E-state index is 11.8. The van der Waals surface area contributed by atoms with Crippen molar-refractivity contribution in [3.8, 4) is 17.5 Å². The van der Waals surface area contributed by atoms with Crippen molar-refractivity contribution in [3.05, 3.63) is 0 Å². The van der Waals surface area contributed by atoms with Crippen molar-refractivity contribution in [1.82, 2.24) is 0 Å². The smallest absolute Gasteiger partial charge is 0.150 e. The molecule has 3 heteroatoms. The zero-order chi connectivity index (χ0) is 13.6. The van der Waals surface area contributed by atoms with E-state index in [1.165, 1.54) is 0 Å². The highest BCUT2D eigenvalue weighted by Gasteiger charge is 2.29. The van der Waals surface area contributed by atoms with Gasteiger partial charge in [0.1, 0.15) is 19.8 Å². The second kappa shape index (κ2) is 6.76. The second-order valence-electron chi connectivity index (χ2n) is 6.17. The number of rotatable bonds is 2. The van der Waals surface area contributed by atoms with E-state index < -0.39 is 8.07 Å². The summed E-state index contributed by atoms with van der Waals surface area (Å²) in [7, 11) is -1.29.